The zero-order valence-electron chi connectivity index (χ0n) is 17.7. The molecule has 0 aromatic heterocycles. The molecule has 2 rings (SSSR count). The van der Waals surface area contributed by atoms with E-state index in [1.165, 1.54) is 0 Å². The van der Waals surface area contributed by atoms with Crippen LogP contribution in [-0.4, -0.2) is 49.0 Å². The third kappa shape index (κ3) is 9.63. The van der Waals surface area contributed by atoms with Gasteiger partial charge in [-0.3, -0.25) is 10.1 Å². The van der Waals surface area contributed by atoms with E-state index in [1.807, 2.05) is 6.92 Å². The predicted octanol–water partition coefficient (Wildman–Crippen LogP) is 4.84. The molecule has 2 heterocycles. The first-order valence-electron chi connectivity index (χ1n) is 11.2. The molecule has 7 nitrogen and oxygen atoms in total. The van der Waals surface area contributed by atoms with Crippen molar-refractivity contribution in [2.45, 2.75) is 122 Å². The molecule has 0 amide bonds. The lowest BCUT2D eigenvalue weighted by atomic mass is 10.0. The Morgan fingerprint density at radius 3 is 1.89 bits per heavy atom. The van der Waals surface area contributed by atoms with E-state index in [0.717, 1.165) is 71.0 Å². The van der Waals surface area contributed by atoms with Crippen LogP contribution in [0.1, 0.15) is 90.9 Å². The van der Waals surface area contributed by atoms with Crippen LogP contribution < -0.4 is 0 Å². The second-order valence-corrected chi connectivity index (χ2v) is 8.29. The Bertz CT molecular complexity index is 423. The summed E-state index contributed by atoms with van der Waals surface area (Å²) in [5.74, 6) is 0. The van der Waals surface area contributed by atoms with Gasteiger partial charge in [0.05, 0.1) is 12.2 Å². The maximum absolute atomic E-state index is 11.4. The molecule has 28 heavy (non-hydrogen) atoms. The third-order valence-electron chi connectivity index (χ3n) is 5.65. The number of nitrogens with zero attached hydrogens (tertiary/aromatic N) is 1. The average molecular weight is 402 g/mol. The first-order chi connectivity index (χ1) is 13.5. The van der Waals surface area contributed by atoms with E-state index < -0.39 is 6.04 Å². The standard InChI is InChI=1S/C21H39NO6/c1-17(27-20-11-5-7-15-25-20)9-3-4-10-19(22(23)24)14-13-18(2)28-21-12-6-8-16-26-21/h17-21H,3-16H2,1-2H3. The molecule has 0 radical (unpaired) electrons. The van der Waals surface area contributed by atoms with Crippen LogP contribution in [0.5, 0.6) is 0 Å². The topological polar surface area (TPSA) is 80.1 Å². The summed E-state index contributed by atoms with van der Waals surface area (Å²) in [7, 11) is 0. The second kappa shape index (κ2) is 13.5. The first-order valence-corrected chi connectivity index (χ1v) is 11.2. The number of hydrogen-bond acceptors (Lipinski definition) is 6. The summed E-state index contributed by atoms with van der Waals surface area (Å²) < 4.78 is 23.0. The largest absolute Gasteiger partial charge is 0.353 e. The second-order valence-electron chi connectivity index (χ2n) is 8.29. The molecule has 0 aromatic rings. The number of unbranched alkanes of at least 4 members (excludes halogenated alkanes) is 1. The van der Waals surface area contributed by atoms with Gasteiger partial charge in [0, 0.05) is 31.0 Å². The highest BCUT2D eigenvalue weighted by Crippen LogP contribution is 2.21. The van der Waals surface area contributed by atoms with Gasteiger partial charge in [-0.25, -0.2) is 0 Å². The van der Waals surface area contributed by atoms with Crippen molar-refractivity contribution in [3.63, 3.8) is 0 Å². The zero-order chi connectivity index (χ0) is 20.2. The van der Waals surface area contributed by atoms with Gasteiger partial charge < -0.3 is 18.9 Å². The maximum atomic E-state index is 11.4. The summed E-state index contributed by atoms with van der Waals surface area (Å²) in [4.78, 5) is 11.3. The summed E-state index contributed by atoms with van der Waals surface area (Å²) in [5.41, 5.74) is 0. The summed E-state index contributed by atoms with van der Waals surface area (Å²) in [6, 6.07) is -0.490. The van der Waals surface area contributed by atoms with E-state index >= 15 is 0 Å². The number of rotatable bonds is 13. The highest BCUT2D eigenvalue weighted by Gasteiger charge is 2.23. The van der Waals surface area contributed by atoms with Crippen molar-refractivity contribution in [1.82, 2.24) is 0 Å². The van der Waals surface area contributed by atoms with E-state index in [-0.39, 0.29) is 29.7 Å². The van der Waals surface area contributed by atoms with Gasteiger partial charge in [-0.2, -0.15) is 0 Å². The molecule has 7 heteroatoms. The molecule has 2 fully saturated rings. The van der Waals surface area contributed by atoms with Gasteiger partial charge in [0.1, 0.15) is 0 Å². The van der Waals surface area contributed by atoms with E-state index in [2.05, 4.69) is 6.92 Å². The molecule has 0 aliphatic carbocycles. The number of hydrogen-bond donors (Lipinski definition) is 0. The van der Waals surface area contributed by atoms with Gasteiger partial charge in [0.25, 0.3) is 0 Å². The Morgan fingerprint density at radius 2 is 1.39 bits per heavy atom. The van der Waals surface area contributed by atoms with Gasteiger partial charge >= 0.3 is 0 Å². The Balaban J connectivity index is 1.56. The number of nitro groups is 1. The molecule has 2 aliphatic rings. The molecule has 164 valence electrons. The first kappa shape index (κ1) is 23.5. The van der Waals surface area contributed by atoms with E-state index in [1.54, 1.807) is 0 Å². The fourth-order valence-electron chi connectivity index (χ4n) is 3.89. The van der Waals surface area contributed by atoms with Crippen molar-refractivity contribution in [2.24, 2.45) is 0 Å². The monoisotopic (exact) mass is 401 g/mol. The molecular weight excluding hydrogens is 362 g/mol. The Morgan fingerprint density at radius 1 is 0.857 bits per heavy atom. The lowest BCUT2D eigenvalue weighted by Crippen LogP contribution is -2.28. The van der Waals surface area contributed by atoms with Gasteiger partial charge in [-0.15, -0.1) is 0 Å². The van der Waals surface area contributed by atoms with Gasteiger partial charge in [0.15, 0.2) is 12.6 Å². The summed E-state index contributed by atoms with van der Waals surface area (Å²) >= 11 is 0. The fraction of sp³-hybridized carbons (Fsp3) is 1.00. The molecule has 2 saturated heterocycles. The third-order valence-corrected chi connectivity index (χ3v) is 5.65. The molecule has 0 saturated carbocycles. The molecular formula is C21H39NO6. The van der Waals surface area contributed by atoms with Crippen molar-refractivity contribution in [3.8, 4) is 0 Å². The van der Waals surface area contributed by atoms with Crippen LogP contribution in [0.25, 0.3) is 0 Å². The van der Waals surface area contributed by atoms with Crippen LogP contribution in [0, 0.1) is 10.1 Å². The van der Waals surface area contributed by atoms with E-state index in [4.69, 9.17) is 18.9 Å². The lowest BCUT2D eigenvalue weighted by Gasteiger charge is -2.26. The number of ether oxygens (including phenoxy) is 4. The average Bonchev–Trinajstić information content (AvgIpc) is 2.68. The van der Waals surface area contributed by atoms with Crippen molar-refractivity contribution >= 4 is 0 Å². The Labute approximate surface area is 169 Å². The van der Waals surface area contributed by atoms with Gasteiger partial charge in [0.2, 0.25) is 6.04 Å². The van der Waals surface area contributed by atoms with Crippen molar-refractivity contribution in [1.29, 1.82) is 0 Å². The van der Waals surface area contributed by atoms with Crippen LogP contribution in [0.15, 0.2) is 0 Å². The molecule has 0 spiro atoms. The van der Waals surface area contributed by atoms with Gasteiger partial charge in [-0.05, 0) is 71.6 Å². The maximum Gasteiger partial charge on any atom is 0.213 e. The van der Waals surface area contributed by atoms with Crippen LogP contribution in [0.3, 0.4) is 0 Å². The molecule has 5 atom stereocenters. The smallest absolute Gasteiger partial charge is 0.213 e. The fourth-order valence-corrected chi connectivity index (χ4v) is 3.89. The van der Waals surface area contributed by atoms with Crippen molar-refractivity contribution in [3.05, 3.63) is 10.1 Å². The molecule has 2 aliphatic heterocycles. The summed E-state index contributed by atoms with van der Waals surface area (Å²) in [5, 5.41) is 11.4. The van der Waals surface area contributed by atoms with Crippen LogP contribution in [0.2, 0.25) is 0 Å². The van der Waals surface area contributed by atoms with Crippen molar-refractivity contribution < 1.29 is 23.9 Å². The van der Waals surface area contributed by atoms with Crippen LogP contribution in [-0.2, 0) is 18.9 Å². The van der Waals surface area contributed by atoms with Crippen molar-refractivity contribution in [2.75, 3.05) is 13.2 Å². The minimum Gasteiger partial charge on any atom is -0.353 e. The summed E-state index contributed by atoms with van der Waals surface area (Å²) in [6.45, 7) is 5.59. The van der Waals surface area contributed by atoms with Crippen LogP contribution >= 0.6 is 0 Å². The van der Waals surface area contributed by atoms with E-state index in [9.17, 15) is 10.1 Å². The molecule has 0 N–H and O–H groups in total. The Kier molecular flexibility index (Phi) is 11.3. The Hall–Kier alpha value is -0.760. The summed E-state index contributed by atoms with van der Waals surface area (Å²) in [6.07, 6.45) is 10.9. The highest BCUT2D eigenvalue weighted by molar-refractivity contribution is 4.64. The van der Waals surface area contributed by atoms with E-state index in [0.29, 0.717) is 19.3 Å². The SMILES string of the molecule is CC(CCCCC(CCC(C)OC1CCCCO1)[N+](=O)[O-])OC1CCCCO1. The molecule has 5 unspecified atom stereocenters. The normalized spacial score (nSPS) is 26.5. The lowest BCUT2D eigenvalue weighted by molar-refractivity contribution is -0.525. The molecule has 0 bridgehead atoms. The molecule has 0 aromatic carbocycles. The predicted molar refractivity (Wildman–Crippen MR) is 107 cm³/mol. The quantitative estimate of drug-likeness (QED) is 0.250. The minimum absolute atomic E-state index is 0.00512. The highest BCUT2D eigenvalue weighted by atomic mass is 16.7. The minimum atomic E-state index is -0.490. The zero-order valence-corrected chi connectivity index (χ0v) is 17.7. The van der Waals surface area contributed by atoms with Crippen LogP contribution in [0.4, 0.5) is 0 Å². The van der Waals surface area contributed by atoms with Gasteiger partial charge in [-0.1, -0.05) is 6.42 Å².